The van der Waals surface area contributed by atoms with Crippen LogP contribution in [0.25, 0.3) is 16.3 Å². The summed E-state index contributed by atoms with van der Waals surface area (Å²) < 4.78 is 12.7. The predicted molar refractivity (Wildman–Crippen MR) is 128 cm³/mol. The van der Waals surface area contributed by atoms with E-state index in [4.69, 9.17) is 9.31 Å². The second-order valence-corrected chi connectivity index (χ2v) is 9.35. The summed E-state index contributed by atoms with van der Waals surface area (Å²) in [6.45, 7) is 10.6. The Bertz CT molecular complexity index is 1040. The zero-order valence-electron chi connectivity index (χ0n) is 18.7. The Morgan fingerprint density at radius 3 is 2.10 bits per heavy atom. The molecule has 30 heavy (non-hydrogen) atoms. The molecule has 1 aliphatic rings. The molecule has 2 nitrogen and oxygen atoms in total. The molecule has 4 rings (SSSR count). The Labute approximate surface area is 181 Å². The third-order valence-corrected chi connectivity index (χ3v) is 6.63. The molecule has 3 aromatic rings. The van der Waals surface area contributed by atoms with Crippen LogP contribution in [0, 0.1) is 0 Å². The molecular weight excluding hydrogens is 367 g/mol. The maximum absolute atomic E-state index is 6.34. The Balaban J connectivity index is 1.69. The second-order valence-electron chi connectivity index (χ2n) is 9.35. The molecule has 0 bridgehead atoms. The summed E-state index contributed by atoms with van der Waals surface area (Å²) in [5.41, 5.74) is 3.18. The molecule has 0 radical (unpaired) electrons. The zero-order valence-corrected chi connectivity index (χ0v) is 18.7. The van der Waals surface area contributed by atoms with Gasteiger partial charge in [0.15, 0.2) is 0 Å². The van der Waals surface area contributed by atoms with Crippen LogP contribution < -0.4 is 0 Å². The molecule has 0 N–H and O–H groups in total. The van der Waals surface area contributed by atoms with E-state index in [0.29, 0.717) is 0 Å². The highest BCUT2D eigenvalue weighted by molar-refractivity contribution is 6.45. The lowest BCUT2D eigenvalue weighted by atomic mass is 9.73. The minimum atomic E-state index is -0.316. The molecule has 3 heteroatoms. The van der Waals surface area contributed by atoms with Gasteiger partial charge in [-0.2, -0.15) is 0 Å². The van der Waals surface area contributed by atoms with Crippen molar-refractivity contribution in [3.8, 4) is 0 Å². The Morgan fingerprint density at radius 1 is 0.833 bits per heavy atom. The van der Waals surface area contributed by atoms with Crippen LogP contribution in [0.2, 0.25) is 6.32 Å². The van der Waals surface area contributed by atoms with Crippen LogP contribution in [-0.2, 0) is 9.31 Å². The first-order valence-corrected chi connectivity index (χ1v) is 10.8. The SMILES string of the molecule is C/C(=C\[C@@H](CB1OC(C)(C)C(C)(C)O1)c1ccc2ccccc2c1)c1ccccc1. The lowest BCUT2D eigenvalue weighted by Gasteiger charge is -2.32. The monoisotopic (exact) mass is 398 g/mol. The van der Waals surface area contributed by atoms with Crippen LogP contribution in [0.5, 0.6) is 0 Å². The van der Waals surface area contributed by atoms with E-state index in [-0.39, 0.29) is 24.2 Å². The Kier molecular flexibility index (Phi) is 5.61. The van der Waals surface area contributed by atoms with E-state index in [2.05, 4.69) is 113 Å². The fourth-order valence-corrected chi connectivity index (χ4v) is 4.11. The van der Waals surface area contributed by atoms with E-state index in [1.807, 2.05) is 0 Å². The Hall–Kier alpha value is -2.36. The molecule has 0 saturated carbocycles. The third-order valence-electron chi connectivity index (χ3n) is 6.63. The molecule has 1 atom stereocenters. The van der Waals surface area contributed by atoms with Crippen molar-refractivity contribution in [1.82, 2.24) is 0 Å². The van der Waals surface area contributed by atoms with Gasteiger partial charge in [-0.15, -0.1) is 0 Å². The van der Waals surface area contributed by atoms with Gasteiger partial charge in [-0.05, 0) is 68.4 Å². The molecule has 0 spiro atoms. The predicted octanol–water partition coefficient (Wildman–Crippen LogP) is 7.12. The highest BCUT2D eigenvalue weighted by Gasteiger charge is 2.51. The van der Waals surface area contributed by atoms with Crippen LogP contribution in [-0.4, -0.2) is 18.3 Å². The lowest BCUT2D eigenvalue weighted by Crippen LogP contribution is -2.41. The third kappa shape index (κ3) is 4.24. The Morgan fingerprint density at radius 2 is 1.43 bits per heavy atom. The van der Waals surface area contributed by atoms with Crippen molar-refractivity contribution in [3.63, 3.8) is 0 Å². The fraction of sp³-hybridized carbons (Fsp3) is 0.333. The van der Waals surface area contributed by atoms with Crippen LogP contribution in [0.4, 0.5) is 0 Å². The van der Waals surface area contributed by atoms with Gasteiger partial charge >= 0.3 is 7.12 Å². The molecule has 0 aliphatic carbocycles. The van der Waals surface area contributed by atoms with Crippen molar-refractivity contribution >= 4 is 23.5 Å². The number of hydrogen-bond donors (Lipinski definition) is 0. The maximum atomic E-state index is 6.34. The van der Waals surface area contributed by atoms with E-state index < -0.39 is 0 Å². The molecule has 0 amide bonds. The normalized spacial score (nSPS) is 19.2. The standard InChI is InChI=1S/C27H31BO2/c1-20(21-11-7-6-8-12-21)17-25(19-28-29-26(2,3)27(4,5)30-28)24-16-15-22-13-9-10-14-23(22)18-24/h6-18,25H,19H2,1-5H3/b20-17+/t25-/m0/s1. The summed E-state index contributed by atoms with van der Waals surface area (Å²) >= 11 is 0. The van der Waals surface area contributed by atoms with Crippen molar-refractivity contribution in [2.45, 2.75) is 58.1 Å². The minimum Gasteiger partial charge on any atom is -0.403 e. The van der Waals surface area contributed by atoms with Crippen molar-refractivity contribution in [3.05, 3.63) is 90.0 Å². The number of benzene rings is 3. The summed E-state index contributed by atoms with van der Waals surface area (Å²) in [6.07, 6.45) is 3.15. The molecule has 1 fully saturated rings. The van der Waals surface area contributed by atoms with Gasteiger partial charge in [-0.3, -0.25) is 0 Å². The average Bonchev–Trinajstić information content (AvgIpc) is 2.93. The second kappa shape index (κ2) is 8.05. The van der Waals surface area contributed by atoms with Crippen LogP contribution in [0.1, 0.15) is 51.7 Å². The lowest BCUT2D eigenvalue weighted by molar-refractivity contribution is 0.00578. The average molecular weight is 398 g/mol. The van der Waals surface area contributed by atoms with Crippen molar-refractivity contribution in [2.24, 2.45) is 0 Å². The molecule has 1 aliphatic heterocycles. The van der Waals surface area contributed by atoms with Gasteiger partial charge < -0.3 is 9.31 Å². The highest BCUT2D eigenvalue weighted by atomic mass is 16.7. The van der Waals surface area contributed by atoms with Crippen molar-refractivity contribution in [2.75, 3.05) is 0 Å². The van der Waals surface area contributed by atoms with E-state index in [1.54, 1.807) is 0 Å². The van der Waals surface area contributed by atoms with Gasteiger partial charge in [-0.25, -0.2) is 0 Å². The van der Waals surface area contributed by atoms with Gasteiger partial charge in [0.05, 0.1) is 11.2 Å². The topological polar surface area (TPSA) is 18.5 Å². The first-order chi connectivity index (χ1) is 14.2. The van der Waals surface area contributed by atoms with Gasteiger partial charge in [0, 0.05) is 5.92 Å². The molecule has 3 aromatic carbocycles. The number of rotatable bonds is 5. The summed E-state index contributed by atoms with van der Waals surface area (Å²) in [7, 11) is -0.230. The van der Waals surface area contributed by atoms with E-state index in [1.165, 1.54) is 27.5 Å². The first-order valence-electron chi connectivity index (χ1n) is 10.8. The number of fused-ring (bicyclic) bond motifs is 1. The van der Waals surface area contributed by atoms with Gasteiger partial charge in [0.1, 0.15) is 0 Å². The molecular formula is C27H31BO2. The number of allylic oxidation sites excluding steroid dienone is 2. The molecule has 1 saturated heterocycles. The van der Waals surface area contributed by atoms with Crippen LogP contribution >= 0.6 is 0 Å². The highest BCUT2D eigenvalue weighted by Crippen LogP contribution is 2.40. The summed E-state index contributed by atoms with van der Waals surface area (Å²) in [5.74, 6) is 0.199. The quantitative estimate of drug-likeness (QED) is 0.426. The van der Waals surface area contributed by atoms with Gasteiger partial charge in [-0.1, -0.05) is 78.9 Å². The zero-order chi connectivity index (χ0) is 21.4. The molecule has 0 unspecified atom stereocenters. The van der Waals surface area contributed by atoms with E-state index in [0.717, 1.165) is 6.32 Å². The number of hydrogen-bond acceptors (Lipinski definition) is 2. The molecule has 0 aromatic heterocycles. The van der Waals surface area contributed by atoms with Gasteiger partial charge in [0.25, 0.3) is 0 Å². The summed E-state index contributed by atoms with van der Waals surface area (Å²) in [6, 6.07) is 25.9. The fourth-order valence-electron chi connectivity index (χ4n) is 4.11. The minimum absolute atomic E-state index is 0.199. The summed E-state index contributed by atoms with van der Waals surface area (Å²) in [4.78, 5) is 0. The largest absolute Gasteiger partial charge is 0.458 e. The summed E-state index contributed by atoms with van der Waals surface area (Å²) in [5, 5.41) is 2.53. The smallest absolute Gasteiger partial charge is 0.403 e. The first kappa shape index (κ1) is 20.9. The van der Waals surface area contributed by atoms with E-state index in [9.17, 15) is 0 Å². The van der Waals surface area contributed by atoms with Crippen LogP contribution in [0.15, 0.2) is 78.9 Å². The maximum Gasteiger partial charge on any atom is 0.458 e. The van der Waals surface area contributed by atoms with E-state index >= 15 is 0 Å². The van der Waals surface area contributed by atoms with Crippen molar-refractivity contribution < 1.29 is 9.31 Å². The van der Waals surface area contributed by atoms with Crippen molar-refractivity contribution in [1.29, 1.82) is 0 Å². The van der Waals surface area contributed by atoms with Crippen LogP contribution in [0.3, 0.4) is 0 Å². The van der Waals surface area contributed by atoms with Gasteiger partial charge in [0.2, 0.25) is 0 Å². The molecule has 154 valence electrons. The molecule has 1 heterocycles.